The van der Waals surface area contributed by atoms with Crippen LogP contribution in [0.4, 0.5) is 0 Å². The van der Waals surface area contributed by atoms with E-state index in [0.717, 1.165) is 18.6 Å². The number of aliphatic carboxylic acids is 1. The number of carboxylic acids is 1. The molecule has 3 heteroatoms. The summed E-state index contributed by atoms with van der Waals surface area (Å²) in [6, 6.07) is 9.50. The van der Waals surface area contributed by atoms with Gasteiger partial charge >= 0.3 is 5.97 Å². The number of benzene rings is 1. The van der Waals surface area contributed by atoms with Crippen LogP contribution in [0, 0.1) is 0 Å². The summed E-state index contributed by atoms with van der Waals surface area (Å²) < 4.78 is 5.56. The molecule has 1 rings (SSSR count). The monoisotopic (exact) mass is 318 g/mol. The highest BCUT2D eigenvalue weighted by atomic mass is 16.5. The van der Waals surface area contributed by atoms with Gasteiger partial charge in [-0.2, -0.15) is 0 Å². The quantitative estimate of drug-likeness (QED) is 0.380. The summed E-state index contributed by atoms with van der Waals surface area (Å²) >= 11 is 0. The van der Waals surface area contributed by atoms with E-state index in [9.17, 15) is 9.90 Å². The predicted octanol–water partition coefficient (Wildman–Crippen LogP) is 5.61. The molecular formula is C20H30O3. The first-order valence-corrected chi connectivity index (χ1v) is 8.84. The van der Waals surface area contributed by atoms with Crippen molar-refractivity contribution in [1.29, 1.82) is 0 Å². The highest BCUT2D eigenvalue weighted by Crippen LogP contribution is 2.13. The number of ether oxygens (including phenoxy) is 1. The number of para-hydroxylation sites is 1. The van der Waals surface area contributed by atoms with E-state index in [0.29, 0.717) is 18.6 Å². The lowest BCUT2D eigenvalue weighted by Crippen LogP contribution is -2.06. The highest BCUT2D eigenvalue weighted by molar-refractivity contribution is 5.86. The van der Waals surface area contributed by atoms with Crippen LogP contribution < -0.4 is 4.74 Å². The molecule has 0 heterocycles. The minimum Gasteiger partial charge on any atom is -0.493 e. The lowest BCUT2D eigenvalue weighted by Gasteiger charge is -2.06. The maximum atomic E-state index is 11.3. The van der Waals surface area contributed by atoms with Gasteiger partial charge in [0.05, 0.1) is 6.61 Å². The van der Waals surface area contributed by atoms with E-state index in [2.05, 4.69) is 6.92 Å². The molecule has 23 heavy (non-hydrogen) atoms. The molecule has 1 aromatic carbocycles. The van der Waals surface area contributed by atoms with Crippen molar-refractivity contribution in [1.82, 2.24) is 0 Å². The fraction of sp³-hybridized carbons (Fsp3) is 0.550. The first kappa shape index (κ1) is 19.3. The van der Waals surface area contributed by atoms with Crippen LogP contribution in [0.15, 0.2) is 42.0 Å². The number of hydrogen-bond donors (Lipinski definition) is 1. The van der Waals surface area contributed by atoms with E-state index < -0.39 is 5.97 Å². The first-order chi connectivity index (χ1) is 11.2. The second-order valence-corrected chi connectivity index (χ2v) is 5.86. The molecule has 0 amide bonds. The summed E-state index contributed by atoms with van der Waals surface area (Å²) in [7, 11) is 0. The van der Waals surface area contributed by atoms with Crippen molar-refractivity contribution in [2.24, 2.45) is 0 Å². The van der Waals surface area contributed by atoms with Crippen LogP contribution in [0.5, 0.6) is 5.75 Å². The van der Waals surface area contributed by atoms with Gasteiger partial charge in [-0.05, 0) is 25.0 Å². The molecule has 0 fully saturated rings. The lowest BCUT2D eigenvalue weighted by molar-refractivity contribution is -0.132. The Kier molecular flexibility index (Phi) is 10.7. The van der Waals surface area contributed by atoms with E-state index >= 15 is 0 Å². The molecule has 0 unspecified atom stereocenters. The molecule has 1 N–H and O–H groups in total. The van der Waals surface area contributed by atoms with Gasteiger partial charge < -0.3 is 9.84 Å². The van der Waals surface area contributed by atoms with Gasteiger partial charge in [-0.3, -0.25) is 0 Å². The molecule has 0 bridgehead atoms. The van der Waals surface area contributed by atoms with Crippen LogP contribution in [0.25, 0.3) is 0 Å². The van der Waals surface area contributed by atoms with Crippen molar-refractivity contribution < 1.29 is 14.6 Å². The molecule has 0 atom stereocenters. The zero-order valence-electron chi connectivity index (χ0n) is 14.3. The fourth-order valence-electron chi connectivity index (χ4n) is 2.47. The van der Waals surface area contributed by atoms with Crippen LogP contribution >= 0.6 is 0 Å². The summed E-state index contributed by atoms with van der Waals surface area (Å²) in [6.07, 6.45) is 11.9. The van der Waals surface area contributed by atoms with Gasteiger partial charge in [-0.15, -0.1) is 0 Å². The van der Waals surface area contributed by atoms with Crippen LogP contribution in [0.1, 0.15) is 64.7 Å². The Morgan fingerprint density at radius 3 is 2.35 bits per heavy atom. The Morgan fingerprint density at radius 2 is 1.70 bits per heavy atom. The lowest BCUT2D eigenvalue weighted by atomic mass is 10.1. The Morgan fingerprint density at radius 1 is 1.04 bits per heavy atom. The fourth-order valence-corrected chi connectivity index (χ4v) is 2.47. The summed E-state index contributed by atoms with van der Waals surface area (Å²) in [4.78, 5) is 11.3. The molecule has 1 aromatic rings. The molecule has 0 saturated heterocycles. The van der Waals surface area contributed by atoms with Gasteiger partial charge in [0, 0.05) is 12.0 Å². The summed E-state index contributed by atoms with van der Waals surface area (Å²) in [5.74, 6) is -0.0473. The van der Waals surface area contributed by atoms with E-state index in [1.165, 1.54) is 38.5 Å². The van der Waals surface area contributed by atoms with Crippen molar-refractivity contribution in [2.45, 2.75) is 64.7 Å². The summed E-state index contributed by atoms with van der Waals surface area (Å²) in [6.45, 7) is 2.62. The van der Waals surface area contributed by atoms with Gasteiger partial charge in [0.25, 0.3) is 0 Å². The smallest absolute Gasteiger partial charge is 0.331 e. The van der Waals surface area contributed by atoms with Gasteiger partial charge in [0.2, 0.25) is 0 Å². The van der Waals surface area contributed by atoms with Crippen molar-refractivity contribution in [3.8, 4) is 5.75 Å². The molecular weight excluding hydrogens is 288 g/mol. The molecule has 0 aliphatic heterocycles. The topological polar surface area (TPSA) is 46.5 Å². The van der Waals surface area contributed by atoms with Crippen LogP contribution in [-0.4, -0.2) is 17.7 Å². The van der Waals surface area contributed by atoms with E-state index in [1.807, 2.05) is 36.4 Å². The Labute approximate surface area is 140 Å². The Balaban J connectivity index is 2.19. The number of rotatable bonds is 13. The van der Waals surface area contributed by atoms with Gasteiger partial charge in [-0.25, -0.2) is 4.79 Å². The van der Waals surface area contributed by atoms with E-state index in [-0.39, 0.29) is 0 Å². The molecule has 128 valence electrons. The third-order valence-electron chi connectivity index (χ3n) is 3.86. The third kappa shape index (κ3) is 9.77. The number of carbonyl (C=O) groups is 1. The van der Waals surface area contributed by atoms with Crippen LogP contribution in [0.3, 0.4) is 0 Å². The minimum absolute atomic E-state index is 0.402. The third-order valence-corrected chi connectivity index (χ3v) is 3.86. The van der Waals surface area contributed by atoms with Gasteiger partial charge in [-0.1, -0.05) is 69.7 Å². The predicted molar refractivity (Wildman–Crippen MR) is 94.9 cm³/mol. The second kappa shape index (κ2) is 12.7. The average molecular weight is 318 g/mol. The minimum atomic E-state index is -0.829. The highest BCUT2D eigenvalue weighted by Gasteiger charge is 2.07. The Bertz CT molecular complexity index is 451. The van der Waals surface area contributed by atoms with Crippen molar-refractivity contribution in [3.05, 3.63) is 42.0 Å². The number of allylic oxidation sites excluding steroid dienone is 1. The normalized spacial score (nSPS) is 11.4. The molecule has 3 nitrogen and oxygen atoms in total. The summed E-state index contributed by atoms with van der Waals surface area (Å²) in [5.41, 5.74) is 0.465. The van der Waals surface area contributed by atoms with Crippen molar-refractivity contribution in [2.75, 3.05) is 6.61 Å². The van der Waals surface area contributed by atoms with Gasteiger partial charge in [0.1, 0.15) is 5.75 Å². The zero-order valence-corrected chi connectivity index (χ0v) is 14.3. The molecule has 0 saturated carbocycles. The van der Waals surface area contributed by atoms with Gasteiger partial charge in [0.15, 0.2) is 0 Å². The van der Waals surface area contributed by atoms with Crippen molar-refractivity contribution in [3.63, 3.8) is 0 Å². The summed E-state index contributed by atoms with van der Waals surface area (Å²) in [5, 5.41) is 9.25. The first-order valence-electron chi connectivity index (χ1n) is 8.84. The second-order valence-electron chi connectivity index (χ2n) is 5.86. The molecule has 0 spiro atoms. The maximum Gasteiger partial charge on any atom is 0.331 e. The molecule has 0 aliphatic carbocycles. The standard InChI is InChI=1S/C20H30O3/c1-2-3-4-5-6-7-8-10-13-18(20(21)22)16-17-23-19-14-11-9-12-15-19/h9,11-15H,2-8,10,16-17H2,1H3,(H,21,22). The van der Waals surface area contributed by atoms with E-state index in [4.69, 9.17) is 4.74 Å². The largest absolute Gasteiger partial charge is 0.493 e. The van der Waals surface area contributed by atoms with Crippen molar-refractivity contribution >= 4 is 5.97 Å². The van der Waals surface area contributed by atoms with Crippen LogP contribution in [0.2, 0.25) is 0 Å². The molecule has 0 radical (unpaired) electrons. The SMILES string of the molecule is CCCCCCCCCC=C(CCOc1ccccc1)C(=O)O. The number of carboxylic acid groups (broad SMARTS) is 1. The molecule has 0 aliphatic rings. The maximum absolute atomic E-state index is 11.3. The average Bonchev–Trinajstić information content (AvgIpc) is 2.56. The zero-order chi connectivity index (χ0) is 16.8. The number of hydrogen-bond acceptors (Lipinski definition) is 2. The number of unbranched alkanes of at least 4 members (excludes halogenated alkanes) is 7. The Hall–Kier alpha value is -1.77. The molecule has 0 aromatic heterocycles. The van der Waals surface area contributed by atoms with E-state index in [1.54, 1.807) is 0 Å². The van der Waals surface area contributed by atoms with Crippen LogP contribution in [-0.2, 0) is 4.79 Å².